The van der Waals surface area contributed by atoms with Crippen molar-refractivity contribution in [2.45, 2.75) is 41.0 Å². The van der Waals surface area contributed by atoms with Crippen molar-refractivity contribution in [3.05, 3.63) is 0 Å². The first kappa shape index (κ1) is 14.0. The van der Waals surface area contributed by atoms with Crippen LogP contribution in [0, 0.1) is 23.2 Å². The molecule has 0 aromatic heterocycles. The quantitative estimate of drug-likeness (QED) is 0.574. The van der Waals surface area contributed by atoms with Crippen LogP contribution < -0.4 is 0 Å². The molecule has 0 bridgehead atoms. The molecule has 0 aromatic carbocycles. The Morgan fingerprint density at radius 3 is 2.47 bits per heavy atom. The van der Waals surface area contributed by atoms with Crippen molar-refractivity contribution in [3.8, 4) is 0 Å². The summed E-state index contributed by atoms with van der Waals surface area (Å²) in [6.07, 6.45) is 0.710. The van der Waals surface area contributed by atoms with Crippen molar-refractivity contribution < 1.29 is 14.7 Å². The highest BCUT2D eigenvalue weighted by molar-refractivity contribution is 5.84. The maximum Gasteiger partial charge on any atom is 0.307 e. The second-order valence-electron chi connectivity index (χ2n) is 5.96. The molecule has 0 aromatic rings. The summed E-state index contributed by atoms with van der Waals surface area (Å²) >= 11 is 0. The maximum absolute atomic E-state index is 11.0. The Kier molecular flexibility index (Phi) is 4.17. The number of rotatable bonds is 6. The second-order valence-corrected chi connectivity index (χ2v) is 5.96. The van der Waals surface area contributed by atoms with Gasteiger partial charge in [-0.05, 0) is 30.6 Å². The van der Waals surface area contributed by atoms with Gasteiger partial charge in [-0.1, -0.05) is 32.9 Å². The molecule has 1 aliphatic carbocycles. The first-order valence-corrected chi connectivity index (χ1v) is 6.15. The Balaban J connectivity index is 2.43. The zero-order valence-electron chi connectivity index (χ0n) is 11.4. The molecule has 0 amide bonds. The number of hydrogen-bond donors (Lipinski definition) is 1. The number of hydrogen-bond acceptors (Lipinski definition) is 3. The van der Waals surface area contributed by atoms with Gasteiger partial charge in [0.05, 0.1) is 11.6 Å². The van der Waals surface area contributed by atoms with Crippen LogP contribution in [-0.2, 0) is 9.63 Å². The molecule has 1 rings (SSSR count). The van der Waals surface area contributed by atoms with Crippen LogP contribution in [0.5, 0.6) is 0 Å². The Morgan fingerprint density at radius 2 is 2.06 bits per heavy atom. The lowest BCUT2D eigenvalue weighted by molar-refractivity contribution is -0.139. The van der Waals surface area contributed by atoms with Crippen LogP contribution in [0.3, 0.4) is 0 Å². The van der Waals surface area contributed by atoms with Crippen molar-refractivity contribution >= 4 is 11.7 Å². The van der Waals surface area contributed by atoms with Crippen LogP contribution in [0.2, 0.25) is 0 Å². The standard InChI is InChI=1S/C13H23NO3/c1-8(2)7-17-14-9(3)6-10-11(12(15)16)13(10,4)5/h8,10-11H,6-7H2,1-5H3,(H,15,16)/b14-9+/t10?,11-/m0/s1. The number of carbonyl (C=O) groups is 1. The van der Waals surface area contributed by atoms with E-state index in [4.69, 9.17) is 9.94 Å². The number of aliphatic carboxylic acids is 1. The fourth-order valence-corrected chi connectivity index (χ4v) is 2.27. The molecule has 1 saturated carbocycles. The Bertz CT molecular complexity index is 321. The zero-order chi connectivity index (χ0) is 13.2. The SMILES string of the molecule is C/C(CC1[C@@H](C(=O)O)C1(C)C)=N\OCC(C)C. The van der Waals surface area contributed by atoms with Gasteiger partial charge in [0.15, 0.2) is 0 Å². The molecule has 0 aliphatic heterocycles. The van der Waals surface area contributed by atoms with Gasteiger partial charge < -0.3 is 9.94 Å². The van der Waals surface area contributed by atoms with E-state index in [9.17, 15) is 4.79 Å². The monoisotopic (exact) mass is 241 g/mol. The lowest BCUT2D eigenvalue weighted by Gasteiger charge is -2.05. The average molecular weight is 241 g/mol. The summed E-state index contributed by atoms with van der Waals surface area (Å²) in [4.78, 5) is 16.2. The van der Waals surface area contributed by atoms with Crippen molar-refractivity contribution in [3.63, 3.8) is 0 Å². The van der Waals surface area contributed by atoms with Gasteiger partial charge in [0.1, 0.15) is 6.61 Å². The van der Waals surface area contributed by atoms with Gasteiger partial charge in [0.2, 0.25) is 0 Å². The van der Waals surface area contributed by atoms with E-state index in [1.54, 1.807) is 0 Å². The van der Waals surface area contributed by atoms with Crippen LogP contribution in [0.25, 0.3) is 0 Å². The van der Waals surface area contributed by atoms with E-state index in [1.807, 2.05) is 20.8 Å². The highest BCUT2D eigenvalue weighted by atomic mass is 16.6. The first-order valence-electron chi connectivity index (χ1n) is 6.15. The van der Waals surface area contributed by atoms with Gasteiger partial charge in [-0.2, -0.15) is 0 Å². The topological polar surface area (TPSA) is 58.9 Å². The molecule has 1 aliphatic rings. The molecule has 17 heavy (non-hydrogen) atoms. The molecule has 1 fully saturated rings. The molecule has 4 nitrogen and oxygen atoms in total. The van der Waals surface area contributed by atoms with Crippen LogP contribution in [0.1, 0.15) is 41.0 Å². The van der Waals surface area contributed by atoms with E-state index >= 15 is 0 Å². The van der Waals surface area contributed by atoms with Gasteiger partial charge in [-0.3, -0.25) is 4.79 Å². The van der Waals surface area contributed by atoms with Crippen LogP contribution >= 0.6 is 0 Å². The van der Waals surface area contributed by atoms with E-state index in [0.717, 1.165) is 5.71 Å². The summed E-state index contributed by atoms with van der Waals surface area (Å²) in [6.45, 7) is 10.6. The summed E-state index contributed by atoms with van der Waals surface area (Å²) < 4.78 is 0. The van der Waals surface area contributed by atoms with E-state index in [2.05, 4.69) is 19.0 Å². The Morgan fingerprint density at radius 1 is 1.47 bits per heavy atom. The first-order chi connectivity index (χ1) is 7.76. The predicted octanol–water partition coefficient (Wildman–Crippen LogP) is 2.78. The molecule has 0 spiro atoms. The summed E-state index contributed by atoms with van der Waals surface area (Å²) in [5.74, 6) is -0.296. The molecular weight excluding hydrogens is 218 g/mol. The van der Waals surface area contributed by atoms with Gasteiger partial charge in [-0.15, -0.1) is 0 Å². The van der Waals surface area contributed by atoms with E-state index in [1.165, 1.54) is 0 Å². The summed E-state index contributed by atoms with van der Waals surface area (Å²) in [5, 5.41) is 13.1. The van der Waals surface area contributed by atoms with Gasteiger partial charge >= 0.3 is 5.97 Å². The minimum atomic E-state index is -0.698. The van der Waals surface area contributed by atoms with Gasteiger partial charge in [0.25, 0.3) is 0 Å². The van der Waals surface area contributed by atoms with Crippen molar-refractivity contribution in [2.75, 3.05) is 6.61 Å². The Hall–Kier alpha value is -1.06. The van der Waals surface area contributed by atoms with Crippen molar-refractivity contribution in [2.24, 2.45) is 28.3 Å². The lowest BCUT2D eigenvalue weighted by atomic mass is 10.1. The molecule has 0 heterocycles. The smallest absolute Gasteiger partial charge is 0.307 e. The third-order valence-corrected chi connectivity index (χ3v) is 3.46. The van der Waals surface area contributed by atoms with E-state index < -0.39 is 5.97 Å². The summed E-state index contributed by atoms with van der Waals surface area (Å²) in [7, 11) is 0. The van der Waals surface area contributed by atoms with Crippen molar-refractivity contribution in [1.82, 2.24) is 0 Å². The highest BCUT2D eigenvalue weighted by Gasteiger charge is 2.61. The molecule has 2 atom stereocenters. The molecule has 4 heteroatoms. The molecule has 0 saturated heterocycles. The lowest BCUT2D eigenvalue weighted by Crippen LogP contribution is -2.04. The number of carboxylic acids is 1. The predicted molar refractivity (Wildman–Crippen MR) is 66.9 cm³/mol. The minimum absolute atomic E-state index is 0.110. The van der Waals surface area contributed by atoms with Crippen LogP contribution in [0.4, 0.5) is 0 Å². The van der Waals surface area contributed by atoms with E-state index in [0.29, 0.717) is 18.9 Å². The molecule has 1 N–H and O–H groups in total. The van der Waals surface area contributed by atoms with Crippen LogP contribution in [0.15, 0.2) is 5.16 Å². The average Bonchev–Trinajstić information content (AvgIpc) is 2.67. The molecular formula is C13H23NO3. The largest absolute Gasteiger partial charge is 0.481 e. The maximum atomic E-state index is 11.0. The fraction of sp³-hybridized carbons (Fsp3) is 0.846. The summed E-state index contributed by atoms with van der Waals surface area (Å²) in [5.41, 5.74) is 0.771. The second kappa shape index (κ2) is 5.07. The Labute approximate surface area is 103 Å². The molecule has 98 valence electrons. The van der Waals surface area contributed by atoms with Gasteiger partial charge in [-0.25, -0.2) is 0 Å². The van der Waals surface area contributed by atoms with E-state index in [-0.39, 0.29) is 17.3 Å². The molecule has 0 radical (unpaired) electrons. The van der Waals surface area contributed by atoms with Crippen molar-refractivity contribution in [1.29, 1.82) is 0 Å². The number of oxime groups is 1. The van der Waals surface area contributed by atoms with Crippen LogP contribution in [-0.4, -0.2) is 23.4 Å². The van der Waals surface area contributed by atoms with Gasteiger partial charge in [0, 0.05) is 0 Å². The third-order valence-electron chi connectivity index (χ3n) is 3.46. The summed E-state index contributed by atoms with van der Waals surface area (Å²) in [6, 6.07) is 0. The number of carboxylic acid groups (broad SMARTS) is 1. The minimum Gasteiger partial charge on any atom is -0.481 e. The number of nitrogens with zero attached hydrogens (tertiary/aromatic N) is 1. The fourth-order valence-electron chi connectivity index (χ4n) is 2.27. The normalized spacial score (nSPS) is 27.1. The third kappa shape index (κ3) is 3.45. The molecule has 1 unspecified atom stereocenters. The zero-order valence-corrected chi connectivity index (χ0v) is 11.4. The highest BCUT2D eigenvalue weighted by Crippen LogP contribution is 2.60.